The van der Waals surface area contributed by atoms with Gasteiger partial charge in [-0.2, -0.15) is 0 Å². The molecule has 1 saturated heterocycles. The van der Waals surface area contributed by atoms with Crippen LogP contribution in [0.5, 0.6) is 0 Å². The molecule has 0 spiro atoms. The fourth-order valence-electron chi connectivity index (χ4n) is 4.55. The van der Waals surface area contributed by atoms with Gasteiger partial charge in [-0.25, -0.2) is 8.78 Å². The highest BCUT2D eigenvalue weighted by Crippen LogP contribution is 2.54. The van der Waals surface area contributed by atoms with E-state index < -0.39 is 11.6 Å². The molecule has 1 aliphatic heterocycles. The Kier molecular flexibility index (Phi) is 3.28. The minimum atomic E-state index is -0.557. The maximum atomic E-state index is 13.8. The second-order valence-electron chi connectivity index (χ2n) is 7.64. The van der Waals surface area contributed by atoms with Gasteiger partial charge in [0, 0.05) is 41.4 Å². The molecule has 0 unspecified atom stereocenters. The summed E-state index contributed by atoms with van der Waals surface area (Å²) < 4.78 is 33.4. The third-order valence-electron chi connectivity index (χ3n) is 5.90. The molecule has 0 radical (unpaired) electrons. The van der Waals surface area contributed by atoms with Gasteiger partial charge in [0.1, 0.15) is 11.6 Å². The highest BCUT2D eigenvalue weighted by molar-refractivity contribution is 5.83. The number of rotatable bonds is 3. The zero-order chi connectivity index (χ0) is 16.4. The number of carbonyl (C=O) groups excluding carboxylic acids is 1. The summed E-state index contributed by atoms with van der Waals surface area (Å²) >= 11 is 0. The van der Waals surface area contributed by atoms with Crippen LogP contribution in [0.15, 0.2) is 18.2 Å². The van der Waals surface area contributed by atoms with Crippen LogP contribution < -0.4 is 5.32 Å². The second kappa shape index (κ2) is 5.00. The van der Waals surface area contributed by atoms with Crippen molar-refractivity contribution < 1.29 is 18.3 Å². The average molecular weight is 321 g/mol. The molecule has 2 saturated carbocycles. The number of carbonyl (C=O) groups is 1. The molecule has 23 heavy (non-hydrogen) atoms. The predicted octanol–water partition coefficient (Wildman–Crippen LogP) is 3.00. The first-order chi connectivity index (χ1) is 10.9. The molecule has 1 N–H and O–H groups in total. The largest absolute Gasteiger partial charge is 0.377 e. The lowest BCUT2D eigenvalue weighted by molar-refractivity contribution is -0.138. The van der Waals surface area contributed by atoms with E-state index in [1.54, 1.807) is 0 Å². The smallest absolute Gasteiger partial charge is 0.224 e. The minimum Gasteiger partial charge on any atom is -0.377 e. The lowest BCUT2D eigenvalue weighted by Crippen LogP contribution is -2.66. The van der Waals surface area contributed by atoms with Gasteiger partial charge in [-0.1, -0.05) is 19.9 Å². The van der Waals surface area contributed by atoms with E-state index in [9.17, 15) is 13.6 Å². The number of benzene rings is 1. The van der Waals surface area contributed by atoms with Gasteiger partial charge in [0.15, 0.2) is 0 Å². The lowest BCUT2D eigenvalue weighted by Gasteiger charge is -2.54. The molecule has 4 rings (SSSR count). The summed E-state index contributed by atoms with van der Waals surface area (Å²) in [7, 11) is 0. The molecule has 3 fully saturated rings. The number of fused-ring (bicyclic) bond motifs is 1. The summed E-state index contributed by atoms with van der Waals surface area (Å²) in [5, 5.41) is 3.11. The fourth-order valence-corrected chi connectivity index (χ4v) is 4.55. The van der Waals surface area contributed by atoms with Crippen LogP contribution in [0.4, 0.5) is 8.78 Å². The number of hydrogen-bond acceptors (Lipinski definition) is 2. The second-order valence-corrected chi connectivity index (χ2v) is 7.64. The summed E-state index contributed by atoms with van der Waals surface area (Å²) in [5.74, 6) is -1.48. The van der Waals surface area contributed by atoms with Crippen molar-refractivity contribution in [1.29, 1.82) is 0 Å². The Labute approximate surface area is 134 Å². The van der Waals surface area contributed by atoms with Crippen LogP contribution in [0.3, 0.4) is 0 Å². The first-order valence-electron chi connectivity index (χ1n) is 8.27. The average Bonchev–Trinajstić information content (AvgIpc) is 3.13. The van der Waals surface area contributed by atoms with E-state index in [2.05, 4.69) is 19.2 Å². The molecule has 1 aromatic carbocycles. The van der Waals surface area contributed by atoms with Gasteiger partial charge < -0.3 is 10.1 Å². The minimum absolute atomic E-state index is 0.0580. The molecule has 3 aliphatic rings. The Balaban J connectivity index is 1.44. The van der Waals surface area contributed by atoms with Gasteiger partial charge in [-0.15, -0.1) is 0 Å². The number of halogens is 2. The molecule has 0 bridgehead atoms. The van der Waals surface area contributed by atoms with E-state index in [4.69, 9.17) is 4.74 Å². The number of hydrogen-bond donors (Lipinski definition) is 1. The quantitative estimate of drug-likeness (QED) is 0.929. The molecular weight excluding hydrogens is 300 g/mol. The SMILES string of the molecule is CC1(C)[C@H](NC(=O)[C@@H]2C[C@@H]2c2c(F)cccc2F)[C@@H]2CCO[C@H]21. The van der Waals surface area contributed by atoms with Gasteiger partial charge >= 0.3 is 0 Å². The van der Waals surface area contributed by atoms with E-state index in [0.717, 1.165) is 13.0 Å². The summed E-state index contributed by atoms with van der Waals surface area (Å²) in [5.41, 5.74) is -0.0209. The summed E-state index contributed by atoms with van der Waals surface area (Å²) in [6.45, 7) is 4.95. The van der Waals surface area contributed by atoms with E-state index in [0.29, 0.717) is 12.3 Å². The van der Waals surface area contributed by atoms with Crippen molar-refractivity contribution in [3.05, 3.63) is 35.4 Å². The Bertz CT molecular complexity index is 640. The van der Waals surface area contributed by atoms with Crippen LogP contribution in [-0.4, -0.2) is 24.7 Å². The van der Waals surface area contributed by atoms with Crippen molar-refractivity contribution in [2.45, 2.75) is 44.8 Å². The van der Waals surface area contributed by atoms with E-state index in [1.165, 1.54) is 18.2 Å². The highest BCUT2D eigenvalue weighted by atomic mass is 19.1. The van der Waals surface area contributed by atoms with Crippen LogP contribution in [-0.2, 0) is 9.53 Å². The third kappa shape index (κ3) is 2.20. The van der Waals surface area contributed by atoms with Crippen molar-refractivity contribution in [2.75, 3.05) is 6.61 Å². The van der Waals surface area contributed by atoms with Crippen molar-refractivity contribution >= 4 is 5.91 Å². The first kappa shape index (κ1) is 15.1. The molecular formula is C18H21F2NO2. The van der Waals surface area contributed by atoms with Crippen LogP contribution in [0.1, 0.15) is 38.2 Å². The van der Waals surface area contributed by atoms with Crippen molar-refractivity contribution in [3.63, 3.8) is 0 Å². The maximum absolute atomic E-state index is 13.8. The standard InChI is InChI=1S/C18H21F2NO2/c1-18(2)15(9-6-7-23-16(9)18)21-17(22)11-8-10(11)14-12(19)4-3-5-13(14)20/h3-5,9-11,15-16H,6-8H2,1-2H3,(H,21,22)/t9-,10-,11+,15+,16+/m0/s1. The monoisotopic (exact) mass is 321 g/mol. The van der Waals surface area contributed by atoms with Gasteiger partial charge in [-0.3, -0.25) is 4.79 Å². The number of ether oxygens (including phenoxy) is 1. The molecule has 124 valence electrons. The van der Waals surface area contributed by atoms with Gasteiger partial charge in [0.2, 0.25) is 5.91 Å². The Morgan fingerprint density at radius 3 is 2.70 bits per heavy atom. The topological polar surface area (TPSA) is 38.3 Å². The normalized spacial score (nSPS) is 37.0. The van der Waals surface area contributed by atoms with Crippen LogP contribution >= 0.6 is 0 Å². The maximum Gasteiger partial charge on any atom is 0.224 e. The number of amides is 1. The Morgan fingerprint density at radius 2 is 2.00 bits per heavy atom. The van der Waals surface area contributed by atoms with Gasteiger partial charge in [0.05, 0.1) is 6.10 Å². The molecule has 5 atom stereocenters. The van der Waals surface area contributed by atoms with Gasteiger partial charge in [-0.05, 0) is 25.0 Å². The molecule has 5 heteroatoms. The van der Waals surface area contributed by atoms with Crippen LogP contribution in [0.2, 0.25) is 0 Å². The molecule has 1 aromatic rings. The fraction of sp³-hybridized carbons (Fsp3) is 0.611. The van der Waals surface area contributed by atoms with E-state index in [-0.39, 0.29) is 40.9 Å². The van der Waals surface area contributed by atoms with E-state index in [1.807, 2.05) is 0 Å². The van der Waals surface area contributed by atoms with E-state index >= 15 is 0 Å². The summed E-state index contributed by atoms with van der Waals surface area (Å²) in [6, 6.07) is 3.94. The summed E-state index contributed by atoms with van der Waals surface area (Å²) in [4.78, 5) is 12.5. The van der Waals surface area contributed by atoms with Crippen LogP contribution in [0.25, 0.3) is 0 Å². The van der Waals surface area contributed by atoms with Gasteiger partial charge in [0.25, 0.3) is 0 Å². The highest BCUT2D eigenvalue weighted by Gasteiger charge is 2.60. The zero-order valence-electron chi connectivity index (χ0n) is 13.3. The van der Waals surface area contributed by atoms with Crippen molar-refractivity contribution in [1.82, 2.24) is 5.32 Å². The molecule has 1 amide bonds. The molecule has 3 nitrogen and oxygen atoms in total. The Morgan fingerprint density at radius 1 is 1.30 bits per heavy atom. The Hall–Kier alpha value is -1.49. The third-order valence-corrected chi connectivity index (χ3v) is 5.90. The van der Waals surface area contributed by atoms with Crippen LogP contribution in [0, 0.1) is 28.9 Å². The summed E-state index contributed by atoms with van der Waals surface area (Å²) in [6.07, 6.45) is 1.70. The first-order valence-corrected chi connectivity index (χ1v) is 8.27. The molecule has 2 aliphatic carbocycles. The number of nitrogens with one attached hydrogen (secondary N) is 1. The molecule has 1 heterocycles. The predicted molar refractivity (Wildman–Crippen MR) is 80.8 cm³/mol. The van der Waals surface area contributed by atoms with Crippen molar-refractivity contribution in [3.8, 4) is 0 Å². The van der Waals surface area contributed by atoms with Crippen molar-refractivity contribution in [2.24, 2.45) is 17.3 Å². The zero-order valence-corrected chi connectivity index (χ0v) is 13.3. The lowest BCUT2D eigenvalue weighted by atomic mass is 9.57. The molecule has 0 aromatic heterocycles.